The molecule has 1 aromatic heterocycles. The van der Waals surface area contributed by atoms with Crippen LogP contribution in [0.15, 0.2) is 30.5 Å². The number of rotatable bonds is 1. The first kappa shape index (κ1) is 9.48. The van der Waals surface area contributed by atoms with E-state index < -0.39 is 0 Å². The predicted octanol–water partition coefficient (Wildman–Crippen LogP) is 2.25. The van der Waals surface area contributed by atoms with Gasteiger partial charge in [-0.3, -0.25) is 0 Å². The van der Waals surface area contributed by atoms with Gasteiger partial charge in [-0.1, -0.05) is 12.1 Å². The van der Waals surface area contributed by atoms with Crippen LogP contribution in [0.5, 0.6) is 5.75 Å². The fourth-order valence-corrected chi connectivity index (χ4v) is 2.29. The van der Waals surface area contributed by atoms with Crippen LogP contribution in [0, 0.1) is 0 Å². The van der Waals surface area contributed by atoms with E-state index in [1.165, 1.54) is 5.57 Å². The van der Waals surface area contributed by atoms with E-state index in [1.54, 1.807) is 6.07 Å². The highest BCUT2D eigenvalue weighted by molar-refractivity contribution is 5.96. The Hall–Kier alpha value is -1.74. The molecule has 2 heterocycles. The largest absolute Gasteiger partial charge is 0.507 e. The number of aromatic amines is 1. The number of nitrogens with one attached hydrogen (secondary N) is 2. The second kappa shape index (κ2) is 3.68. The van der Waals surface area contributed by atoms with E-state index in [4.69, 9.17) is 0 Å². The van der Waals surface area contributed by atoms with Gasteiger partial charge in [-0.25, -0.2) is 0 Å². The molecule has 1 aliphatic rings. The predicted molar refractivity (Wildman–Crippen MR) is 65.4 cm³/mol. The van der Waals surface area contributed by atoms with Crippen molar-refractivity contribution in [2.24, 2.45) is 0 Å². The lowest BCUT2D eigenvalue weighted by atomic mass is 9.99. The van der Waals surface area contributed by atoms with Gasteiger partial charge in [-0.15, -0.1) is 0 Å². The summed E-state index contributed by atoms with van der Waals surface area (Å²) in [7, 11) is 0. The van der Waals surface area contributed by atoms with Crippen LogP contribution >= 0.6 is 0 Å². The van der Waals surface area contributed by atoms with Gasteiger partial charge >= 0.3 is 0 Å². The molecule has 2 aromatic rings. The number of hydrogen-bond donors (Lipinski definition) is 3. The zero-order chi connectivity index (χ0) is 11.0. The second-order valence-electron chi connectivity index (χ2n) is 4.09. The van der Waals surface area contributed by atoms with E-state index in [2.05, 4.69) is 16.4 Å². The van der Waals surface area contributed by atoms with Gasteiger partial charge < -0.3 is 15.4 Å². The monoisotopic (exact) mass is 214 g/mol. The minimum Gasteiger partial charge on any atom is -0.507 e. The van der Waals surface area contributed by atoms with E-state index in [-0.39, 0.29) is 0 Å². The van der Waals surface area contributed by atoms with Crippen LogP contribution in [0.25, 0.3) is 16.5 Å². The van der Waals surface area contributed by atoms with Crippen LogP contribution in [0.1, 0.15) is 12.0 Å². The minimum atomic E-state index is 0.355. The quantitative estimate of drug-likeness (QED) is 0.682. The third-order valence-electron chi connectivity index (χ3n) is 3.09. The summed E-state index contributed by atoms with van der Waals surface area (Å²) >= 11 is 0. The summed E-state index contributed by atoms with van der Waals surface area (Å²) in [4.78, 5) is 3.21. The molecule has 0 radical (unpaired) electrons. The molecule has 0 unspecified atom stereocenters. The van der Waals surface area contributed by atoms with Gasteiger partial charge in [-0.05, 0) is 30.7 Å². The third-order valence-corrected chi connectivity index (χ3v) is 3.09. The molecule has 3 N–H and O–H groups in total. The number of H-pyrrole nitrogens is 1. The van der Waals surface area contributed by atoms with E-state index in [1.807, 2.05) is 18.3 Å². The van der Waals surface area contributed by atoms with Crippen LogP contribution in [0.4, 0.5) is 0 Å². The highest BCUT2D eigenvalue weighted by Gasteiger charge is 2.13. The molecule has 82 valence electrons. The lowest BCUT2D eigenvalue weighted by molar-refractivity contribution is 0.481. The molecule has 0 saturated heterocycles. The number of fused-ring (bicyclic) bond motifs is 1. The maximum atomic E-state index is 9.91. The van der Waals surface area contributed by atoms with Crippen LogP contribution in [0.3, 0.4) is 0 Å². The van der Waals surface area contributed by atoms with E-state index in [0.29, 0.717) is 5.75 Å². The summed E-state index contributed by atoms with van der Waals surface area (Å²) in [5, 5.41) is 14.1. The molecular formula is C13H14N2O. The molecule has 0 aliphatic carbocycles. The number of hydrogen-bond acceptors (Lipinski definition) is 2. The second-order valence-corrected chi connectivity index (χ2v) is 4.09. The smallest absolute Gasteiger partial charge is 0.125 e. The van der Waals surface area contributed by atoms with Crippen molar-refractivity contribution in [3.8, 4) is 5.75 Å². The zero-order valence-corrected chi connectivity index (χ0v) is 8.96. The molecule has 0 amide bonds. The molecule has 3 rings (SSSR count). The van der Waals surface area contributed by atoms with Gasteiger partial charge in [0.1, 0.15) is 5.75 Å². The fraction of sp³-hybridized carbons (Fsp3) is 0.231. The lowest BCUT2D eigenvalue weighted by Crippen LogP contribution is -2.19. The van der Waals surface area contributed by atoms with Crippen molar-refractivity contribution < 1.29 is 5.11 Å². The Kier molecular flexibility index (Phi) is 2.18. The van der Waals surface area contributed by atoms with Gasteiger partial charge in [0.2, 0.25) is 0 Å². The minimum absolute atomic E-state index is 0.355. The molecule has 1 aliphatic heterocycles. The third kappa shape index (κ3) is 1.41. The molecular weight excluding hydrogens is 200 g/mol. The Bertz CT molecular complexity index is 554. The number of aromatic nitrogens is 1. The summed E-state index contributed by atoms with van der Waals surface area (Å²) in [6, 6.07) is 5.58. The van der Waals surface area contributed by atoms with Crippen molar-refractivity contribution >= 4 is 16.5 Å². The van der Waals surface area contributed by atoms with Crippen molar-refractivity contribution in [3.05, 3.63) is 36.0 Å². The van der Waals surface area contributed by atoms with Crippen molar-refractivity contribution in [1.29, 1.82) is 0 Å². The average Bonchev–Trinajstić information content (AvgIpc) is 2.75. The van der Waals surface area contributed by atoms with Crippen molar-refractivity contribution in [1.82, 2.24) is 10.3 Å². The highest BCUT2D eigenvalue weighted by atomic mass is 16.3. The van der Waals surface area contributed by atoms with Crippen LogP contribution in [0.2, 0.25) is 0 Å². The first-order chi connectivity index (χ1) is 7.86. The van der Waals surface area contributed by atoms with Crippen LogP contribution in [-0.4, -0.2) is 23.2 Å². The van der Waals surface area contributed by atoms with E-state index in [0.717, 1.165) is 36.0 Å². The van der Waals surface area contributed by atoms with Crippen LogP contribution in [-0.2, 0) is 0 Å². The van der Waals surface area contributed by atoms with Crippen molar-refractivity contribution in [2.75, 3.05) is 13.1 Å². The van der Waals surface area contributed by atoms with Crippen molar-refractivity contribution in [2.45, 2.75) is 6.42 Å². The standard InChI is InChI=1S/C13H14N2O/c16-12-3-1-2-11-13(12)10(8-15-11)9-4-6-14-7-5-9/h1-4,8,14-16H,5-7H2. The Morgan fingerprint density at radius 3 is 3.00 bits per heavy atom. The summed E-state index contributed by atoms with van der Waals surface area (Å²) in [5.74, 6) is 0.355. The Morgan fingerprint density at radius 1 is 1.25 bits per heavy atom. The molecule has 0 bridgehead atoms. The first-order valence-corrected chi connectivity index (χ1v) is 5.55. The highest BCUT2D eigenvalue weighted by Crippen LogP contribution is 2.33. The Balaban J connectivity index is 2.20. The van der Waals surface area contributed by atoms with Gasteiger partial charge in [0.05, 0.1) is 0 Å². The van der Waals surface area contributed by atoms with Gasteiger partial charge in [0.25, 0.3) is 0 Å². The number of phenolic OH excluding ortho intramolecular Hbond substituents is 1. The SMILES string of the molecule is Oc1cccc2[nH]cc(C3=CCNCC3)c12. The first-order valence-electron chi connectivity index (χ1n) is 5.55. The topological polar surface area (TPSA) is 48.0 Å². The van der Waals surface area contributed by atoms with Gasteiger partial charge in [0, 0.05) is 29.2 Å². The molecule has 16 heavy (non-hydrogen) atoms. The molecule has 3 heteroatoms. The molecule has 0 saturated carbocycles. The average molecular weight is 214 g/mol. The molecule has 1 aromatic carbocycles. The summed E-state index contributed by atoms with van der Waals surface area (Å²) in [6.07, 6.45) is 5.20. The van der Waals surface area contributed by atoms with Crippen LogP contribution < -0.4 is 5.32 Å². The van der Waals surface area contributed by atoms with E-state index in [9.17, 15) is 5.11 Å². The molecule has 0 fully saturated rings. The number of aromatic hydroxyl groups is 1. The summed E-state index contributed by atoms with van der Waals surface area (Å²) < 4.78 is 0. The van der Waals surface area contributed by atoms with E-state index >= 15 is 0 Å². The molecule has 0 atom stereocenters. The fourth-order valence-electron chi connectivity index (χ4n) is 2.29. The lowest BCUT2D eigenvalue weighted by Gasteiger charge is -2.13. The van der Waals surface area contributed by atoms with Gasteiger partial charge in [0.15, 0.2) is 0 Å². The van der Waals surface area contributed by atoms with Gasteiger partial charge in [-0.2, -0.15) is 0 Å². The normalized spacial score (nSPS) is 16.4. The number of benzene rings is 1. The number of phenols is 1. The summed E-state index contributed by atoms with van der Waals surface area (Å²) in [6.45, 7) is 1.92. The summed E-state index contributed by atoms with van der Waals surface area (Å²) in [5.41, 5.74) is 3.44. The Morgan fingerprint density at radius 2 is 2.19 bits per heavy atom. The zero-order valence-electron chi connectivity index (χ0n) is 8.96. The Labute approximate surface area is 93.8 Å². The molecule has 0 spiro atoms. The maximum absolute atomic E-state index is 9.91. The molecule has 3 nitrogen and oxygen atoms in total. The maximum Gasteiger partial charge on any atom is 0.125 e. The van der Waals surface area contributed by atoms with Crippen molar-refractivity contribution in [3.63, 3.8) is 0 Å².